The predicted molar refractivity (Wildman–Crippen MR) is 110 cm³/mol. The quantitative estimate of drug-likeness (QED) is 0.767. The Morgan fingerprint density at radius 2 is 1.76 bits per heavy atom. The van der Waals surface area contributed by atoms with Gasteiger partial charge in [-0.3, -0.25) is 0 Å². The van der Waals surface area contributed by atoms with E-state index in [4.69, 9.17) is 14.2 Å². The highest BCUT2D eigenvalue weighted by Gasteiger charge is 2.62. The Kier molecular flexibility index (Phi) is 5.26. The van der Waals surface area contributed by atoms with Crippen molar-refractivity contribution in [3.8, 4) is 5.75 Å². The highest BCUT2D eigenvalue weighted by atomic mass is 16.8. The van der Waals surface area contributed by atoms with Gasteiger partial charge in [0, 0.05) is 18.3 Å². The average molecular weight is 405 g/mol. The van der Waals surface area contributed by atoms with Crippen molar-refractivity contribution in [3.05, 3.63) is 29.8 Å². The third kappa shape index (κ3) is 3.83. The fraction of sp³-hybridized carbons (Fsp3) is 0.750. The summed E-state index contributed by atoms with van der Waals surface area (Å²) in [7, 11) is 0. The molecule has 1 aromatic rings. The molecule has 2 aliphatic heterocycles. The summed E-state index contributed by atoms with van der Waals surface area (Å²) in [6.45, 7) is 10.3. The Bertz CT molecular complexity index is 722. The molecule has 3 fully saturated rings. The Balaban J connectivity index is 1.58. The van der Waals surface area contributed by atoms with Crippen LogP contribution in [0.1, 0.15) is 72.3 Å². The van der Waals surface area contributed by atoms with E-state index in [2.05, 4.69) is 39.8 Å². The molecule has 1 aliphatic carbocycles. The normalized spacial score (nSPS) is 42.7. The summed E-state index contributed by atoms with van der Waals surface area (Å²) in [5, 5.41) is 22.4. The van der Waals surface area contributed by atoms with Crippen molar-refractivity contribution in [1.82, 2.24) is 0 Å². The van der Waals surface area contributed by atoms with Gasteiger partial charge in [-0.05, 0) is 55.2 Å². The van der Waals surface area contributed by atoms with Gasteiger partial charge in [-0.15, -0.1) is 0 Å². The second kappa shape index (κ2) is 7.23. The summed E-state index contributed by atoms with van der Waals surface area (Å²) in [5.41, 5.74) is 0.254. The van der Waals surface area contributed by atoms with Crippen LogP contribution in [0, 0.1) is 17.8 Å². The number of hydrogen-bond acceptors (Lipinski definition) is 5. The summed E-state index contributed by atoms with van der Waals surface area (Å²) in [5.74, 6) is -0.439. The van der Waals surface area contributed by atoms with Gasteiger partial charge in [-0.1, -0.05) is 46.2 Å². The SMILES string of the molecule is C[C@H]1C(Oc2ccc(C(C)(C)C)cc2)O[C@@H]2O[C@](C)(O)CCC3CCCC1[C@]32O. The molecule has 5 nitrogen and oxygen atoms in total. The lowest BCUT2D eigenvalue weighted by Crippen LogP contribution is -2.66. The van der Waals surface area contributed by atoms with E-state index >= 15 is 0 Å². The lowest BCUT2D eigenvalue weighted by atomic mass is 9.61. The maximum Gasteiger partial charge on any atom is 0.205 e. The minimum absolute atomic E-state index is 0.0211. The van der Waals surface area contributed by atoms with Gasteiger partial charge in [0.15, 0.2) is 12.1 Å². The van der Waals surface area contributed by atoms with Gasteiger partial charge in [0.05, 0.1) is 0 Å². The molecule has 3 unspecified atom stereocenters. The molecule has 29 heavy (non-hydrogen) atoms. The first-order chi connectivity index (χ1) is 13.5. The van der Waals surface area contributed by atoms with Crippen LogP contribution in [0.3, 0.4) is 0 Å². The molecule has 4 rings (SSSR count). The fourth-order valence-electron chi connectivity index (χ4n) is 5.48. The van der Waals surface area contributed by atoms with Gasteiger partial charge in [-0.25, -0.2) is 0 Å². The van der Waals surface area contributed by atoms with Gasteiger partial charge in [0.25, 0.3) is 0 Å². The van der Waals surface area contributed by atoms with Crippen LogP contribution in [0.15, 0.2) is 24.3 Å². The highest BCUT2D eigenvalue weighted by molar-refractivity contribution is 5.31. The number of benzene rings is 1. The maximum absolute atomic E-state index is 11.7. The first-order valence-electron chi connectivity index (χ1n) is 11.1. The maximum atomic E-state index is 11.7. The average Bonchev–Trinajstić information content (AvgIpc) is 2.73. The van der Waals surface area contributed by atoms with Crippen molar-refractivity contribution >= 4 is 0 Å². The van der Waals surface area contributed by atoms with E-state index in [9.17, 15) is 10.2 Å². The van der Waals surface area contributed by atoms with Crippen molar-refractivity contribution < 1.29 is 24.4 Å². The van der Waals surface area contributed by atoms with Gasteiger partial charge < -0.3 is 24.4 Å². The molecule has 7 atom stereocenters. The van der Waals surface area contributed by atoms with Gasteiger partial charge in [0.1, 0.15) is 11.4 Å². The van der Waals surface area contributed by atoms with E-state index in [-0.39, 0.29) is 23.2 Å². The molecule has 1 saturated carbocycles. The smallest absolute Gasteiger partial charge is 0.205 e. The predicted octanol–water partition coefficient (Wildman–Crippen LogP) is 4.35. The minimum atomic E-state index is -1.30. The molecule has 2 heterocycles. The second-order valence-electron chi connectivity index (χ2n) is 10.5. The third-order valence-corrected chi connectivity index (χ3v) is 7.31. The van der Waals surface area contributed by atoms with E-state index in [0.29, 0.717) is 6.42 Å². The summed E-state index contributed by atoms with van der Waals surface area (Å²) in [4.78, 5) is 0. The van der Waals surface area contributed by atoms with Crippen LogP contribution < -0.4 is 4.74 Å². The molecule has 0 radical (unpaired) electrons. The standard InChI is InChI=1S/C24H36O5/c1-15-19-8-6-7-17-13-14-23(5,25)29-21(24(17,19)26)28-20(15)27-18-11-9-16(10-12-18)22(2,3)4/h9-12,15,17,19-21,25-26H,6-8,13-14H2,1-5H3/t15-,17?,19?,20?,21-,23+,24-/m1/s1. The molecule has 2 saturated heterocycles. The molecule has 3 aliphatic rings. The molecule has 1 aromatic carbocycles. The van der Waals surface area contributed by atoms with Gasteiger partial charge >= 0.3 is 0 Å². The lowest BCUT2D eigenvalue weighted by Gasteiger charge is -2.55. The van der Waals surface area contributed by atoms with E-state index in [1.54, 1.807) is 6.92 Å². The van der Waals surface area contributed by atoms with Crippen molar-refractivity contribution in [2.45, 2.75) is 96.1 Å². The topological polar surface area (TPSA) is 68.2 Å². The van der Waals surface area contributed by atoms with E-state index in [1.165, 1.54) is 5.56 Å². The van der Waals surface area contributed by atoms with E-state index in [1.807, 2.05) is 12.1 Å². The fourth-order valence-corrected chi connectivity index (χ4v) is 5.48. The van der Waals surface area contributed by atoms with Crippen LogP contribution in [-0.4, -0.2) is 34.2 Å². The monoisotopic (exact) mass is 404 g/mol. The zero-order chi connectivity index (χ0) is 21.0. The minimum Gasteiger partial charge on any atom is -0.465 e. The molecule has 0 amide bonds. The Hall–Kier alpha value is -1.14. The van der Waals surface area contributed by atoms with Crippen LogP contribution >= 0.6 is 0 Å². The van der Waals surface area contributed by atoms with Crippen LogP contribution in [0.2, 0.25) is 0 Å². The third-order valence-electron chi connectivity index (χ3n) is 7.31. The Morgan fingerprint density at radius 3 is 2.41 bits per heavy atom. The number of aliphatic hydroxyl groups is 2. The van der Waals surface area contributed by atoms with Crippen molar-refractivity contribution in [2.24, 2.45) is 17.8 Å². The van der Waals surface area contributed by atoms with Crippen molar-refractivity contribution in [2.75, 3.05) is 0 Å². The van der Waals surface area contributed by atoms with Crippen LogP contribution in [0.4, 0.5) is 0 Å². The Morgan fingerprint density at radius 1 is 1.07 bits per heavy atom. The molecule has 0 bridgehead atoms. The number of rotatable bonds is 2. The van der Waals surface area contributed by atoms with Gasteiger partial charge in [0.2, 0.25) is 6.29 Å². The zero-order valence-electron chi connectivity index (χ0n) is 18.4. The molecule has 2 N–H and O–H groups in total. The largest absolute Gasteiger partial charge is 0.465 e. The summed E-state index contributed by atoms with van der Waals surface area (Å²) < 4.78 is 18.4. The first kappa shape index (κ1) is 21.1. The number of hydrogen-bond donors (Lipinski definition) is 2. The molecular formula is C24H36O5. The van der Waals surface area contributed by atoms with E-state index in [0.717, 1.165) is 31.4 Å². The van der Waals surface area contributed by atoms with Crippen molar-refractivity contribution in [3.63, 3.8) is 0 Å². The zero-order valence-corrected chi connectivity index (χ0v) is 18.4. The second-order valence-corrected chi connectivity index (χ2v) is 10.5. The summed E-state index contributed by atoms with van der Waals surface area (Å²) >= 11 is 0. The molecule has 0 aromatic heterocycles. The molecule has 5 heteroatoms. The Labute approximate surface area is 174 Å². The van der Waals surface area contributed by atoms with E-state index < -0.39 is 24.0 Å². The van der Waals surface area contributed by atoms with Crippen molar-refractivity contribution in [1.29, 1.82) is 0 Å². The first-order valence-corrected chi connectivity index (χ1v) is 11.1. The molecular weight excluding hydrogens is 368 g/mol. The highest BCUT2D eigenvalue weighted by Crippen LogP contribution is 2.54. The molecule has 162 valence electrons. The van der Waals surface area contributed by atoms with Crippen LogP contribution in [-0.2, 0) is 14.9 Å². The van der Waals surface area contributed by atoms with Crippen LogP contribution in [0.5, 0.6) is 5.75 Å². The summed E-state index contributed by atoms with van der Waals surface area (Å²) in [6.07, 6.45) is 2.77. The van der Waals surface area contributed by atoms with Gasteiger partial charge in [-0.2, -0.15) is 0 Å². The number of ether oxygens (including phenoxy) is 3. The molecule has 0 spiro atoms. The lowest BCUT2D eigenvalue weighted by molar-refractivity contribution is -0.396. The van der Waals surface area contributed by atoms with Crippen LogP contribution in [0.25, 0.3) is 0 Å². The summed E-state index contributed by atoms with van der Waals surface area (Å²) in [6, 6.07) is 8.13.